The highest BCUT2D eigenvalue weighted by Crippen LogP contribution is 2.26. The van der Waals surface area contributed by atoms with Gasteiger partial charge in [0.15, 0.2) is 10.8 Å². The molecule has 0 saturated carbocycles. The molecule has 2 unspecified atom stereocenters. The highest BCUT2D eigenvalue weighted by molar-refractivity contribution is 7.84. The Kier molecular flexibility index (Phi) is 6.30. The minimum absolute atomic E-state index is 0.0580. The summed E-state index contributed by atoms with van der Waals surface area (Å²) in [7, 11) is -4.93. The molecule has 0 spiro atoms. The van der Waals surface area contributed by atoms with Crippen LogP contribution >= 0.6 is 11.3 Å². The van der Waals surface area contributed by atoms with Crippen molar-refractivity contribution >= 4 is 50.3 Å². The number of aromatic nitrogens is 1. The molecule has 5 N–H and O–H groups in total. The number of rotatable bonds is 8. The zero-order valence-corrected chi connectivity index (χ0v) is 17.1. The van der Waals surface area contributed by atoms with Crippen LogP contribution in [0.25, 0.3) is 0 Å². The van der Waals surface area contributed by atoms with E-state index >= 15 is 0 Å². The fourth-order valence-electron chi connectivity index (χ4n) is 2.26. The molecule has 16 heteroatoms. The number of nitriles is 1. The van der Waals surface area contributed by atoms with Crippen LogP contribution in [0.1, 0.15) is 26.0 Å². The fourth-order valence-corrected chi connectivity index (χ4v) is 3.69. The van der Waals surface area contributed by atoms with Crippen molar-refractivity contribution in [2.24, 2.45) is 5.16 Å². The SMILES string of the molecule is CC(C)(ON=C(C(=O)NC1C(=O)N(S(=O)(=O)O)C1CC#N)c1csc(N)n1)C(=O)O. The van der Waals surface area contributed by atoms with Crippen LogP contribution in [0.15, 0.2) is 10.5 Å². The number of β-lactam (4-membered cyclic amide) rings is 1. The summed E-state index contributed by atoms with van der Waals surface area (Å²) < 4.78 is 31.8. The minimum Gasteiger partial charge on any atom is -0.478 e. The molecule has 2 amide bonds. The van der Waals surface area contributed by atoms with E-state index < -0.39 is 57.9 Å². The number of nitrogens with zero attached hydrogens (tertiary/aromatic N) is 4. The molecule has 0 radical (unpaired) electrons. The third-order valence-corrected chi connectivity index (χ3v) is 5.49. The van der Waals surface area contributed by atoms with E-state index in [1.807, 2.05) is 0 Å². The van der Waals surface area contributed by atoms with Crippen molar-refractivity contribution in [2.45, 2.75) is 38.0 Å². The number of thiazole rings is 1. The van der Waals surface area contributed by atoms with Crippen LogP contribution in [-0.4, -0.2) is 68.5 Å². The Morgan fingerprint density at radius 1 is 1.53 bits per heavy atom. The van der Waals surface area contributed by atoms with Crippen LogP contribution in [0.3, 0.4) is 0 Å². The molecule has 30 heavy (non-hydrogen) atoms. The highest BCUT2D eigenvalue weighted by atomic mass is 32.2. The number of nitrogens with two attached hydrogens (primary N) is 1. The Labute approximate surface area is 173 Å². The Balaban J connectivity index is 2.32. The van der Waals surface area contributed by atoms with Crippen LogP contribution in [0.4, 0.5) is 5.13 Å². The molecule has 1 aromatic rings. The summed E-state index contributed by atoms with van der Waals surface area (Å²) in [5, 5.41) is 25.0. The van der Waals surface area contributed by atoms with E-state index in [0.717, 1.165) is 11.3 Å². The van der Waals surface area contributed by atoms with E-state index in [4.69, 9.17) is 25.5 Å². The lowest BCUT2D eigenvalue weighted by Crippen LogP contribution is -2.72. The third-order valence-electron chi connectivity index (χ3n) is 3.86. The molecule has 0 aliphatic carbocycles. The number of carboxylic acids is 1. The molecule has 2 rings (SSSR count). The first-order valence-corrected chi connectivity index (χ1v) is 10.3. The topological polar surface area (TPSA) is 225 Å². The molecule has 2 atom stereocenters. The van der Waals surface area contributed by atoms with Crippen molar-refractivity contribution in [3.63, 3.8) is 0 Å². The number of hydrogen-bond acceptors (Lipinski definition) is 11. The van der Waals surface area contributed by atoms with E-state index in [0.29, 0.717) is 0 Å². The van der Waals surface area contributed by atoms with E-state index in [-0.39, 0.29) is 15.1 Å². The zero-order valence-electron chi connectivity index (χ0n) is 15.5. The van der Waals surface area contributed by atoms with Crippen molar-refractivity contribution in [2.75, 3.05) is 5.73 Å². The van der Waals surface area contributed by atoms with Crippen LogP contribution in [0, 0.1) is 11.3 Å². The van der Waals surface area contributed by atoms with Crippen molar-refractivity contribution in [3.8, 4) is 6.07 Å². The summed E-state index contributed by atoms with van der Waals surface area (Å²) in [5.41, 5.74) is 3.09. The number of hydrogen-bond donors (Lipinski definition) is 4. The molecule has 1 saturated heterocycles. The van der Waals surface area contributed by atoms with Crippen molar-refractivity contribution in [1.29, 1.82) is 5.26 Å². The maximum Gasteiger partial charge on any atom is 0.362 e. The van der Waals surface area contributed by atoms with Crippen LogP contribution in [0.2, 0.25) is 0 Å². The number of oxime groups is 1. The molecular formula is C14H16N6O8S2. The quantitative estimate of drug-likeness (QED) is 0.155. The maximum atomic E-state index is 12.7. The summed E-state index contributed by atoms with van der Waals surface area (Å²) in [6.07, 6.45) is -0.505. The lowest BCUT2D eigenvalue weighted by Gasteiger charge is -2.43. The van der Waals surface area contributed by atoms with E-state index in [9.17, 15) is 22.8 Å². The number of nitrogen functional groups attached to an aromatic ring is 1. The Bertz CT molecular complexity index is 1060. The summed E-state index contributed by atoms with van der Waals surface area (Å²) in [6, 6.07) is -1.16. The Morgan fingerprint density at radius 3 is 2.63 bits per heavy atom. The number of carbonyl (C=O) groups is 3. The maximum absolute atomic E-state index is 12.7. The van der Waals surface area contributed by atoms with Gasteiger partial charge in [-0.15, -0.1) is 11.3 Å². The second-order valence-corrected chi connectivity index (χ2v) is 8.59. The molecule has 162 valence electrons. The third kappa shape index (κ3) is 4.64. The number of carbonyl (C=O) groups excluding carboxylic acids is 2. The molecule has 1 aromatic heterocycles. The lowest BCUT2D eigenvalue weighted by molar-refractivity contribution is -0.161. The largest absolute Gasteiger partial charge is 0.478 e. The van der Waals surface area contributed by atoms with Gasteiger partial charge < -0.3 is 21.0 Å². The molecule has 2 heterocycles. The molecular weight excluding hydrogens is 444 g/mol. The van der Waals surface area contributed by atoms with Crippen LogP contribution < -0.4 is 11.1 Å². The van der Waals surface area contributed by atoms with Crippen molar-refractivity contribution < 1.29 is 37.3 Å². The van der Waals surface area contributed by atoms with Gasteiger partial charge in [-0.25, -0.2) is 14.1 Å². The first-order valence-electron chi connectivity index (χ1n) is 7.99. The molecule has 1 aliphatic heterocycles. The predicted octanol–water partition coefficient (Wildman–Crippen LogP) is -1.28. The molecule has 14 nitrogen and oxygen atoms in total. The molecule has 0 bridgehead atoms. The van der Waals surface area contributed by atoms with E-state index in [1.54, 1.807) is 6.07 Å². The van der Waals surface area contributed by atoms with Gasteiger partial charge in [0.2, 0.25) is 5.60 Å². The van der Waals surface area contributed by atoms with Gasteiger partial charge in [-0.05, 0) is 13.8 Å². The summed E-state index contributed by atoms with van der Waals surface area (Å²) in [5.74, 6) is -3.62. The fraction of sp³-hybridized carbons (Fsp3) is 0.429. The average Bonchev–Trinajstić information content (AvgIpc) is 3.04. The van der Waals surface area contributed by atoms with Crippen LogP contribution in [0.5, 0.6) is 0 Å². The van der Waals surface area contributed by atoms with Gasteiger partial charge in [0, 0.05) is 5.38 Å². The number of anilines is 1. The average molecular weight is 460 g/mol. The number of amides is 2. The Morgan fingerprint density at radius 2 is 2.17 bits per heavy atom. The minimum atomic E-state index is -4.93. The second-order valence-electron chi connectivity index (χ2n) is 6.41. The monoisotopic (exact) mass is 460 g/mol. The van der Waals surface area contributed by atoms with Gasteiger partial charge in [-0.3, -0.25) is 14.1 Å². The van der Waals surface area contributed by atoms with Gasteiger partial charge in [0.25, 0.3) is 11.8 Å². The summed E-state index contributed by atoms with van der Waals surface area (Å²) in [4.78, 5) is 44.7. The van der Waals surface area contributed by atoms with E-state index in [2.05, 4.69) is 15.5 Å². The van der Waals surface area contributed by atoms with E-state index in [1.165, 1.54) is 19.2 Å². The molecule has 1 aliphatic rings. The van der Waals surface area contributed by atoms with Crippen LogP contribution in [-0.2, 0) is 29.5 Å². The standard InChI is InChI=1S/C14H16N6O8S2/c1-14(2,12(23)24)28-19-8(6-5-29-13(16)17-6)10(21)18-9-7(3-4-15)20(11(9)22)30(25,26)27/h5,7,9H,3H2,1-2H3,(H2,16,17)(H,18,21)(H,23,24)(H,25,26,27). The van der Waals surface area contributed by atoms with Crippen molar-refractivity contribution in [3.05, 3.63) is 11.1 Å². The van der Waals surface area contributed by atoms with Gasteiger partial charge in [0.1, 0.15) is 11.7 Å². The lowest BCUT2D eigenvalue weighted by atomic mass is 9.96. The number of carboxylic acid groups (broad SMARTS) is 1. The summed E-state index contributed by atoms with van der Waals surface area (Å²) in [6.45, 7) is 2.35. The first kappa shape index (κ1) is 23.0. The van der Waals surface area contributed by atoms with Gasteiger partial charge in [0.05, 0.1) is 18.5 Å². The first-order chi connectivity index (χ1) is 13.8. The second kappa shape index (κ2) is 8.22. The number of aliphatic carboxylic acids is 1. The Hall–Kier alpha value is -3.29. The van der Waals surface area contributed by atoms with Gasteiger partial charge >= 0.3 is 16.3 Å². The zero-order chi connectivity index (χ0) is 22.9. The van der Waals surface area contributed by atoms with Gasteiger partial charge in [-0.1, -0.05) is 5.16 Å². The number of nitrogens with one attached hydrogen (secondary N) is 1. The molecule has 1 fully saturated rings. The van der Waals surface area contributed by atoms with Crippen molar-refractivity contribution in [1.82, 2.24) is 14.6 Å². The normalized spacial score (nSPS) is 19.6. The molecule has 0 aromatic carbocycles. The predicted molar refractivity (Wildman–Crippen MR) is 100 cm³/mol. The highest BCUT2D eigenvalue weighted by Gasteiger charge is 2.54. The smallest absolute Gasteiger partial charge is 0.362 e. The summed E-state index contributed by atoms with van der Waals surface area (Å²) >= 11 is 0.945. The van der Waals surface area contributed by atoms with Gasteiger partial charge in [-0.2, -0.15) is 13.7 Å².